The molecule has 3 amide bonds. The molecular weight excluding hydrogens is 270 g/mol. The van der Waals surface area contributed by atoms with Crippen molar-refractivity contribution < 1.29 is 9.59 Å². The summed E-state index contributed by atoms with van der Waals surface area (Å²) in [5.41, 5.74) is 0. The number of urea groups is 1. The van der Waals surface area contributed by atoms with Crippen molar-refractivity contribution in [2.45, 2.75) is 32.4 Å². The predicted molar refractivity (Wildman–Crippen MR) is 77.6 cm³/mol. The Balaban J connectivity index is 2.24. The van der Waals surface area contributed by atoms with Crippen molar-refractivity contribution >= 4 is 17.8 Å². The zero-order chi connectivity index (χ0) is 15.7. The molecule has 2 fully saturated rings. The molecule has 2 aliphatic heterocycles. The Morgan fingerprint density at radius 3 is 2.48 bits per heavy atom. The minimum absolute atomic E-state index is 0.0321. The summed E-state index contributed by atoms with van der Waals surface area (Å²) in [4.78, 5) is 33.2. The van der Waals surface area contributed by atoms with Crippen LogP contribution < -0.4 is 0 Å². The van der Waals surface area contributed by atoms with E-state index in [1.54, 1.807) is 7.05 Å². The second kappa shape index (κ2) is 5.82. The normalized spacial score (nSPS) is 29.6. The van der Waals surface area contributed by atoms with Gasteiger partial charge in [-0.05, 0) is 20.3 Å². The zero-order valence-electron chi connectivity index (χ0n) is 12.9. The molecular formula is C14H21N5O2. The van der Waals surface area contributed by atoms with Gasteiger partial charge in [-0.2, -0.15) is 5.26 Å². The number of carbonyl (C=O) groups is 2. The van der Waals surface area contributed by atoms with Crippen LogP contribution in [0.5, 0.6) is 0 Å². The quantitative estimate of drug-likeness (QED) is 0.743. The Morgan fingerprint density at radius 1 is 1.29 bits per heavy atom. The summed E-state index contributed by atoms with van der Waals surface area (Å²) >= 11 is 0. The van der Waals surface area contributed by atoms with Gasteiger partial charge < -0.3 is 0 Å². The second-order valence-corrected chi connectivity index (χ2v) is 5.82. The molecule has 0 spiro atoms. The van der Waals surface area contributed by atoms with Gasteiger partial charge in [0.15, 0.2) is 5.92 Å². The molecule has 0 aromatic rings. The number of nitriles is 1. The molecule has 0 radical (unpaired) electrons. The van der Waals surface area contributed by atoms with Gasteiger partial charge in [0.05, 0.1) is 12.1 Å². The molecule has 0 aromatic carbocycles. The van der Waals surface area contributed by atoms with E-state index >= 15 is 0 Å². The highest BCUT2D eigenvalue weighted by atomic mass is 16.2. The highest BCUT2D eigenvalue weighted by Gasteiger charge is 2.41. The number of carbonyl (C=O) groups excluding carboxylic acids is 2. The van der Waals surface area contributed by atoms with Gasteiger partial charge in [0.2, 0.25) is 0 Å². The third-order valence-corrected chi connectivity index (χ3v) is 4.12. The lowest BCUT2D eigenvalue weighted by atomic mass is 10.1. The van der Waals surface area contributed by atoms with Crippen molar-refractivity contribution in [3.05, 3.63) is 0 Å². The van der Waals surface area contributed by atoms with Crippen molar-refractivity contribution in [3.63, 3.8) is 0 Å². The van der Waals surface area contributed by atoms with E-state index in [0.29, 0.717) is 6.04 Å². The summed E-state index contributed by atoms with van der Waals surface area (Å²) in [5.74, 6) is -1.22. The lowest BCUT2D eigenvalue weighted by Gasteiger charge is -2.33. The predicted octanol–water partition coefficient (Wildman–Crippen LogP) is 0.531. The van der Waals surface area contributed by atoms with Crippen LogP contribution in [0.3, 0.4) is 0 Å². The number of hydrogen-bond donors (Lipinski definition) is 0. The van der Waals surface area contributed by atoms with E-state index in [4.69, 9.17) is 0 Å². The first kappa shape index (κ1) is 15.4. The minimum Gasteiger partial charge on any atom is -0.299 e. The number of imide groups is 1. The molecule has 21 heavy (non-hydrogen) atoms. The lowest BCUT2D eigenvalue weighted by molar-refractivity contribution is -0.129. The van der Waals surface area contributed by atoms with Crippen LogP contribution in [-0.2, 0) is 4.79 Å². The van der Waals surface area contributed by atoms with Crippen LogP contribution in [0.25, 0.3) is 0 Å². The standard InChI is InChI=1S/C14H21N5O2/c1-9(2)19-6-5-10(8-19)16-12-11(7-15)13(20)18(4)14(21)17(12)3/h9-11H,5-6,8H2,1-4H3. The molecule has 0 bridgehead atoms. The molecule has 2 heterocycles. The van der Waals surface area contributed by atoms with E-state index in [0.717, 1.165) is 24.4 Å². The smallest absolute Gasteiger partial charge is 0.299 e. The van der Waals surface area contributed by atoms with Crippen LogP contribution in [0.2, 0.25) is 0 Å². The summed E-state index contributed by atoms with van der Waals surface area (Å²) in [7, 11) is 2.95. The number of rotatable bonds is 2. The molecule has 2 aliphatic rings. The van der Waals surface area contributed by atoms with E-state index in [-0.39, 0.29) is 11.9 Å². The fraction of sp³-hybridized carbons (Fsp3) is 0.714. The van der Waals surface area contributed by atoms with Crippen LogP contribution in [0.1, 0.15) is 20.3 Å². The average molecular weight is 291 g/mol. The summed E-state index contributed by atoms with van der Waals surface area (Å²) in [6, 6.07) is 2.00. The summed E-state index contributed by atoms with van der Waals surface area (Å²) in [6.07, 6.45) is 0.881. The third-order valence-electron chi connectivity index (χ3n) is 4.12. The highest BCUT2D eigenvalue weighted by Crippen LogP contribution is 2.20. The lowest BCUT2D eigenvalue weighted by Crippen LogP contribution is -2.56. The maximum Gasteiger partial charge on any atom is 0.331 e. The first-order chi connectivity index (χ1) is 9.86. The van der Waals surface area contributed by atoms with Gasteiger partial charge >= 0.3 is 6.03 Å². The molecule has 7 heteroatoms. The van der Waals surface area contributed by atoms with E-state index in [9.17, 15) is 14.9 Å². The summed E-state index contributed by atoms with van der Waals surface area (Å²) in [5, 5.41) is 9.24. The highest BCUT2D eigenvalue weighted by molar-refractivity contribution is 6.19. The van der Waals surface area contributed by atoms with E-state index in [1.807, 2.05) is 6.07 Å². The summed E-state index contributed by atoms with van der Waals surface area (Å²) in [6.45, 7) is 6.00. The first-order valence-electron chi connectivity index (χ1n) is 7.13. The first-order valence-corrected chi connectivity index (χ1v) is 7.13. The maximum absolute atomic E-state index is 12.0. The number of nitrogens with zero attached hydrogens (tertiary/aromatic N) is 5. The van der Waals surface area contributed by atoms with Gasteiger partial charge in [-0.25, -0.2) is 4.79 Å². The molecule has 7 nitrogen and oxygen atoms in total. The molecule has 2 rings (SSSR count). The molecule has 0 aliphatic carbocycles. The molecule has 2 saturated heterocycles. The van der Waals surface area contributed by atoms with E-state index in [1.165, 1.54) is 11.9 Å². The third kappa shape index (κ3) is 2.76. The molecule has 0 N–H and O–H groups in total. The fourth-order valence-electron chi connectivity index (χ4n) is 2.72. The van der Waals surface area contributed by atoms with Gasteiger partial charge in [-0.15, -0.1) is 0 Å². The van der Waals surface area contributed by atoms with Crippen molar-refractivity contribution in [3.8, 4) is 6.07 Å². The van der Waals surface area contributed by atoms with Gasteiger partial charge in [0, 0.05) is 33.2 Å². The molecule has 0 aromatic heterocycles. The average Bonchev–Trinajstić information content (AvgIpc) is 2.92. The maximum atomic E-state index is 12.0. The minimum atomic E-state index is -0.995. The van der Waals surface area contributed by atoms with Crippen molar-refractivity contribution in [1.29, 1.82) is 5.26 Å². The van der Waals surface area contributed by atoms with Crippen LogP contribution >= 0.6 is 0 Å². The molecule has 2 atom stereocenters. The van der Waals surface area contributed by atoms with Gasteiger partial charge in [-0.3, -0.25) is 24.5 Å². The van der Waals surface area contributed by atoms with Crippen LogP contribution in [0.15, 0.2) is 4.99 Å². The monoisotopic (exact) mass is 291 g/mol. The van der Waals surface area contributed by atoms with Crippen molar-refractivity contribution in [2.24, 2.45) is 10.9 Å². The van der Waals surface area contributed by atoms with Crippen LogP contribution in [-0.4, -0.2) is 71.7 Å². The Kier molecular flexibility index (Phi) is 4.28. The fourth-order valence-corrected chi connectivity index (χ4v) is 2.72. The van der Waals surface area contributed by atoms with Crippen molar-refractivity contribution in [1.82, 2.24) is 14.7 Å². The zero-order valence-corrected chi connectivity index (χ0v) is 12.9. The molecule has 114 valence electrons. The largest absolute Gasteiger partial charge is 0.331 e. The molecule has 2 unspecified atom stereocenters. The Bertz CT molecular complexity index is 522. The van der Waals surface area contributed by atoms with Crippen LogP contribution in [0.4, 0.5) is 4.79 Å². The SMILES string of the molecule is CC(C)N1CCC(N=C2C(C#N)C(=O)N(C)C(=O)N2C)C1. The second-order valence-electron chi connectivity index (χ2n) is 5.82. The Hall–Kier alpha value is -1.94. The van der Waals surface area contributed by atoms with Gasteiger partial charge in [0.1, 0.15) is 5.84 Å². The van der Waals surface area contributed by atoms with Crippen LogP contribution in [0, 0.1) is 17.2 Å². The number of amidine groups is 1. The number of amides is 3. The van der Waals surface area contributed by atoms with Gasteiger partial charge in [-0.1, -0.05) is 0 Å². The number of hydrogen-bond acceptors (Lipinski definition) is 5. The van der Waals surface area contributed by atoms with Gasteiger partial charge in [0.25, 0.3) is 5.91 Å². The van der Waals surface area contributed by atoms with Crippen molar-refractivity contribution in [2.75, 3.05) is 27.2 Å². The van der Waals surface area contributed by atoms with E-state index in [2.05, 4.69) is 23.7 Å². The Labute approximate surface area is 124 Å². The Morgan fingerprint density at radius 2 is 1.95 bits per heavy atom. The number of aliphatic imine (C=N–C) groups is 1. The number of likely N-dealkylation sites (tertiary alicyclic amines) is 1. The molecule has 0 saturated carbocycles. The summed E-state index contributed by atoms with van der Waals surface area (Å²) < 4.78 is 0. The van der Waals surface area contributed by atoms with E-state index < -0.39 is 17.9 Å². The topological polar surface area (TPSA) is 80.0 Å².